The topological polar surface area (TPSA) is 105 Å². The number of cyclic esters (lactones) is 1. The smallest absolute Gasteiger partial charge is 0.338 e. The van der Waals surface area contributed by atoms with Crippen molar-refractivity contribution in [2.45, 2.75) is 18.3 Å². The number of hydrogen-bond donors (Lipinski definition) is 1. The van der Waals surface area contributed by atoms with Crippen LogP contribution in [0.2, 0.25) is 0 Å². The molecule has 0 aromatic heterocycles. The number of ether oxygens (including phenoxy) is 2. The van der Waals surface area contributed by atoms with E-state index < -0.39 is 24.3 Å². The first-order valence-corrected chi connectivity index (χ1v) is 3.63. The number of hydrogen-bond acceptors (Lipinski definition) is 5. The fourth-order valence-electron chi connectivity index (χ4n) is 1.16. The van der Waals surface area contributed by atoms with Crippen molar-refractivity contribution in [3.8, 4) is 0 Å². The van der Waals surface area contributed by atoms with E-state index in [1.54, 1.807) is 0 Å². The van der Waals surface area contributed by atoms with Gasteiger partial charge in [-0.05, 0) is 5.53 Å². The molecule has 1 rings (SSSR count). The first-order valence-electron chi connectivity index (χ1n) is 3.63. The van der Waals surface area contributed by atoms with Crippen LogP contribution in [0.3, 0.4) is 0 Å². The van der Waals surface area contributed by atoms with E-state index in [2.05, 4.69) is 10.0 Å². The number of carbonyl (C=O) groups excluding carboxylic acids is 1. The Morgan fingerprint density at radius 1 is 1.85 bits per heavy atom. The van der Waals surface area contributed by atoms with Crippen LogP contribution in [-0.2, 0) is 14.3 Å². The van der Waals surface area contributed by atoms with Crippen LogP contribution in [0.15, 0.2) is 5.11 Å². The molecule has 0 aliphatic carbocycles. The van der Waals surface area contributed by atoms with E-state index in [1.165, 1.54) is 7.11 Å². The standard InChI is InChI=1S/C6H9N3O4/c1-12-5-3(2-8-9-7)13-6(11)4(5)10/h3-5,10H,2H2,1H3/t3-,4-,5+/m1/s1. The van der Waals surface area contributed by atoms with E-state index in [9.17, 15) is 9.90 Å². The summed E-state index contributed by atoms with van der Waals surface area (Å²) >= 11 is 0. The zero-order valence-electron chi connectivity index (χ0n) is 6.95. The normalized spacial score (nSPS) is 32.5. The van der Waals surface area contributed by atoms with Crippen LogP contribution in [0.5, 0.6) is 0 Å². The van der Waals surface area contributed by atoms with E-state index in [0.29, 0.717) is 0 Å². The lowest BCUT2D eigenvalue weighted by atomic mass is 10.1. The van der Waals surface area contributed by atoms with Gasteiger partial charge in [-0.25, -0.2) is 4.79 Å². The zero-order valence-corrected chi connectivity index (χ0v) is 6.95. The number of methoxy groups -OCH3 is 1. The van der Waals surface area contributed by atoms with Gasteiger partial charge in [0.2, 0.25) is 0 Å². The lowest BCUT2D eigenvalue weighted by Crippen LogP contribution is -2.34. The molecule has 0 bridgehead atoms. The van der Waals surface area contributed by atoms with Crippen molar-refractivity contribution in [3.05, 3.63) is 10.4 Å². The predicted molar refractivity (Wildman–Crippen MR) is 40.7 cm³/mol. The number of azide groups is 1. The van der Waals surface area contributed by atoms with Crippen molar-refractivity contribution < 1.29 is 19.4 Å². The highest BCUT2D eigenvalue weighted by atomic mass is 16.6. The summed E-state index contributed by atoms with van der Waals surface area (Å²) < 4.78 is 9.52. The Hall–Kier alpha value is -1.30. The average Bonchev–Trinajstić information content (AvgIpc) is 2.39. The molecule has 7 nitrogen and oxygen atoms in total. The fraction of sp³-hybridized carbons (Fsp3) is 0.833. The maximum Gasteiger partial charge on any atom is 0.338 e. The Morgan fingerprint density at radius 2 is 2.54 bits per heavy atom. The third-order valence-electron chi connectivity index (χ3n) is 1.78. The van der Waals surface area contributed by atoms with Gasteiger partial charge < -0.3 is 14.6 Å². The molecule has 1 aliphatic heterocycles. The first-order chi connectivity index (χ1) is 6.20. The van der Waals surface area contributed by atoms with Crippen LogP contribution in [0.4, 0.5) is 0 Å². The average molecular weight is 187 g/mol. The summed E-state index contributed by atoms with van der Waals surface area (Å²) in [6.07, 6.45) is -2.73. The monoisotopic (exact) mass is 187 g/mol. The SMILES string of the molecule is CO[C@H]1[C@@H](CN=[N+]=[N-])OC(=O)[C@@H]1O. The van der Waals surface area contributed by atoms with Crippen molar-refractivity contribution in [1.82, 2.24) is 0 Å². The van der Waals surface area contributed by atoms with Gasteiger partial charge in [-0.1, -0.05) is 5.11 Å². The molecule has 3 atom stereocenters. The lowest BCUT2D eigenvalue weighted by molar-refractivity contribution is -0.147. The highest BCUT2D eigenvalue weighted by Crippen LogP contribution is 2.18. The molecule has 1 fully saturated rings. The minimum Gasteiger partial charge on any atom is -0.457 e. The second-order valence-electron chi connectivity index (χ2n) is 2.53. The van der Waals surface area contributed by atoms with Crippen LogP contribution in [0, 0.1) is 0 Å². The minimum atomic E-state index is -1.29. The molecule has 0 amide bonds. The van der Waals surface area contributed by atoms with Crippen LogP contribution in [0.1, 0.15) is 0 Å². The second-order valence-corrected chi connectivity index (χ2v) is 2.53. The number of esters is 1. The number of rotatable bonds is 3. The molecule has 0 radical (unpaired) electrons. The Labute approximate surface area is 73.9 Å². The van der Waals surface area contributed by atoms with E-state index in [4.69, 9.17) is 15.0 Å². The van der Waals surface area contributed by atoms with Crippen molar-refractivity contribution >= 4 is 5.97 Å². The van der Waals surface area contributed by atoms with Crippen LogP contribution in [-0.4, -0.2) is 43.0 Å². The van der Waals surface area contributed by atoms with Crippen molar-refractivity contribution in [3.63, 3.8) is 0 Å². The van der Waals surface area contributed by atoms with E-state index >= 15 is 0 Å². The van der Waals surface area contributed by atoms with Crippen LogP contribution in [0.25, 0.3) is 10.4 Å². The summed E-state index contributed by atoms with van der Waals surface area (Å²) in [5, 5.41) is 12.4. The van der Waals surface area contributed by atoms with E-state index in [-0.39, 0.29) is 6.54 Å². The minimum absolute atomic E-state index is 0.0300. The Kier molecular flexibility index (Phi) is 3.07. The van der Waals surface area contributed by atoms with Gasteiger partial charge in [0.1, 0.15) is 12.2 Å². The maximum atomic E-state index is 10.8. The number of aliphatic hydroxyl groups is 1. The number of carbonyl (C=O) groups is 1. The third-order valence-corrected chi connectivity index (χ3v) is 1.78. The lowest BCUT2D eigenvalue weighted by Gasteiger charge is -2.14. The molecule has 0 unspecified atom stereocenters. The molecule has 1 aliphatic rings. The Morgan fingerprint density at radius 3 is 3.08 bits per heavy atom. The Balaban J connectivity index is 2.64. The molecule has 0 spiro atoms. The first kappa shape index (κ1) is 9.79. The van der Waals surface area contributed by atoms with Crippen molar-refractivity contribution in [2.24, 2.45) is 5.11 Å². The molecule has 1 N–H and O–H groups in total. The third kappa shape index (κ3) is 1.89. The largest absolute Gasteiger partial charge is 0.457 e. The van der Waals surface area contributed by atoms with Gasteiger partial charge in [0.05, 0.1) is 6.54 Å². The van der Waals surface area contributed by atoms with Crippen molar-refractivity contribution in [1.29, 1.82) is 0 Å². The molecular weight excluding hydrogens is 178 g/mol. The molecule has 13 heavy (non-hydrogen) atoms. The summed E-state index contributed by atoms with van der Waals surface area (Å²) in [7, 11) is 1.35. The van der Waals surface area contributed by atoms with Gasteiger partial charge in [0.25, 0.3) is 0 Å². The fourth-order valence-corrected chi connectivity index (χ4v) is 1.16. The summed E-state index contributed by atoms with van der Waals surface area (Å²) in [4.78, 5) is 13.3. The molecule has 0 aromatic carbocycles. The van der Waals surface area contributed by atoms with E-state index in [0.717, 1.165) is 0 Å². The molecule has 72 valence electrons. The predicted octanol–water partition coefficient (Wildman–Crippen LogP) is -0.402. The highest BCUT2D eigenvalue weighted by molar-refractivity contribution is 5.77. The van der Waals surface area contributed by atoms with Crippen LogP contribution < -0.4 is 0 Å². The van der Waals surface area contributed by atoms with Gasteiger partial charge in [0, 0.05) is 12.0 Å². The Bertz CT molecular complexity index is 248. The number of nitrogens with zero attached hydrogens (tertiary/aromatic N) is 3. The van der Waals surface area contributed by atoms with Gasteiger partial charge in [-0.15, -0.1) is 0 Å². The second kappa shape index (κ2) is 4.08. The van der Waals surface area contributed by atoms with Crippen molar-refractivity contribution in [2.75, 3.05) is 13.7 Å². The molecule has 7 heteroatoms. The van der Waals surface area contributed by atoms with Gasteiger partial charge in [0.15, 0.2) is 6.10 Å². The summed E-state index contributed by atoms with van der Waals surface area (Å²) in [6, 6.07) is 0. The molecule has 0 aromatic rings. The van der Waals surface area contributed by atoms with E-state index in [1.807, 2.05) is 0 Å². The highest BCUT2D eigenvalue weighted by Gasteiger charge is 2.43. The zero-order chi connectivity index (χ0) is 9.84. The van der Waals surface area contributed by atoms with Crippen LogP contribution >= 0.6 is 0 Å². The number of aliphatic hydroxyl groups excluding tert-OH is 1. The maximum absolute atomic E-state index is 10.8. The molecule has 1 saturated heterocycles. The van der Waals surface area contributed by atoms with Gasteiger partial charge in [-0.3, -0.25) is 0 Å². The molecular formula is C6H9N3O4. The summed E-state index contributed by atoms with van der Waals surface area (Å²) in [5.74, 6) is -0.745. The quantitative estimate of drug-likeness (QED) is 0.281. The molecule has 1 heterocycles. The summed E-state index contributed by atoms with van der Waals surface area (Å²) in [5.41, 5.74) is 8.03. The molecule has 0 saturated carbocycles. The van der Waals surface area contributed by atoms with Gasteiger partial charge in [-0.2, -0.15) is 0 Å². The van der Waals surface area contributed by atoms with Gasteiger partial charge >= 0.3 is 5.97 Å². The summed E-state index contributed by atoms with van der Waals surface area (Å²) in [6.45, 7) is -0.0300.